The molecule has 0 spiro atoms. The summed E-state index contributed by atoms with van der Waals surface area (Å²) in [7, 11) is 0. The number of nitrogens with one attached hydrogen (secondary N) is 1. The van der Waals surface area contributed by atoms with E-state index in [4.69, 9.17) is 11.6 Å². The molecule has 3 nitrogen and oxygen atoms in total. The van der Waals surface area contributed by atoms with Gasteiger partial charge in [0.15, 0.2) is 5.13 Å². The topological polar surface area (TPSA) is 37.8 Å². The van der Waals surface area contributed by atoms with Gasteiger partial charge in [-0.2, -0.15) is 0 Å². The Morgan fingerprint density at radius 1 is 1.32 bits per heavy atom. The Bertz CT molecular complexity index is 720. The lowest BCUT2D eigenvalue weighted by atomic mass is 10.3. The first-order valence-electron chi connectivity index (χ1n) is 5.86. The summed E-state index contributed by atoms with van der Waals surface area (Å²) in [5.74, 6) is 0. The monoisotopic (exact) mass is 309 g/mol. The summed E-state index contributed by atoms with van der Waals surface area (Å²) in [6.45, 7) is 4.10. The van der Waals surface area contributed by atoms with Crippen molar-refractivity contribution in [3.63, 3.8) is 0 Å². The van der Waals surface area contributed by atoms with Gasteiger partial charge in [0.25, 0.3) is 0 Å². The van der Waals surface area contributed by atoms with E-state index >= 15 is 0 Å². The summed E-state index contributed by atoms with van der Waals surface area (Å²) in [4.78, 5) is 9.04. The molecule has 1 N–H and O–H groups in total. The van der Waals surface area contributed by atoms with Gasteiger partial charge < -0.3 is 5.32 Å². The van der Waals surface area contributed by atoms with Crippen molar-refractivity contribution >= 4 is 49.6 Å². The third kappa shape index (κ3) is 2.73. The number of nitrogens with zero attached hydrogens (tertiary/aromatic N) is 2. The van der Waals surface area contributed by atoms with Gasteiger partial charge in [0.1, 0.15) is 5.01 Å². The minimum Gasteiger partial charge on any atom is -0.353 e. The minimum absolute atomic E-state index is 0.162. The molecular weight excluding hydrogens is 298 g/mol. The van der Waals surface area contributed by atoms with Gasteiger partial charge in [-0.05, 0) is 32.0 Å². The van der Waals surface area contributed by atoms with Crippen LogP contribution >= 0.6 is 34.3 Å². The molecule has 6 heteroatoms. The fourth-order valence-corrected chi connectivity index (χ4v) is 3.81. The number of hydrogen-bond donors (Lipinski definition) is 1. The smallest absolute Gasteiger partial charge is 0.184 e. The number of fused-ring (bicyclic) bond motifs is 1. The minimum atomic E-state index is 0.162. The van der Waals surface area contributed by atoms with Crippen molar-refractivity contribution in [2.75, 3.05) is 5.32 Å². The fraction of sp³-hybridized carbons (Fsp3) is 0.231. The molecule has 98 valence electrons. The van der Waals surface area contributed by atoms with Gasteiger partial charge >= 0.3 is 0 Å². The Kier molecular flexibility index (Phi) is 3.43. The Labute approximate surface area is 124 Å². The van der Waals surface area contributed by atoms with E-state index in [0.717, 1.165) is 31.1 Å². The van der Waals surface area contributed by atoms with Crippen molar-refractivity contribution < 1.29 is 0 Å². The van der Waals surface area contributed by atoms with Crippen LogP contribution < -0.4 is 5.32 Å². The van der Waals surface area contributed by atoms with E-state index in [1.807, 2.05) is 25.1 Å². The molecular formula is C13H12ClN3S2. The third-order valence-corrected chi connectivity index (χ3v) is 5.03. The Morgan fingerprint density at radius 3 is 2.89 bits per heavy atom. The molecule has 0 bridgehead atoms. The summed E-state index contributed by atoms with van der Waals surface area (Å²) in [6, 6.07) is 5.91. The number of hydrogen-bond acceptors (Lipinski definition) is 5. The van der Waals surface area contributed by atoms with Crippen LogP contribution in [0.1, 0.15) is 23.7 Å². The molecule has 0 saturated heterocycles. The average molecular weight is 310 g/mol. The van der Waals surface area contributed by atoms with Crippen molar-refractivity contribution in [3.05, 3.63) is 39.3 Å². The van der Waals surface area contributed by atoms with Crippen LogP contribution in [0, 0.1) is 6.92 Å². The zero-order valence-corrected chi connectivity index (χ0v) is 12.9. The first-order valence-corrected chi connectivity index (χ1v) is 7.94. The van der Waals surface area contributed by atoms with Crippen LogP contribution in [-0.2, 0) is 0 Å². The molecule has 0 aliphatic rings. The van der Waals surface area contributed by atoms with E-state index in [0.29, 0.717) is 0 Å². The van der Waals surface area contributed by atoms with Gasteiger partial charge in [0.05, 0.1) is 16.3 Å². The molecule has 0 radical (unpaired) electrons. The highest BCUT2D eigenvalue weighted by Gasteiger charge is 2.12. The SMILES string of the molecule is Cc1csc(C(C)Nc2nc3ccc(Cl)cc3s2)n1. The normalized spacial score (nSPS) is 12.8. The van der Waals surface area contributed by atoms with Crippen LogP contribution in [0.4, 0.5) is 5.13 Å². The Hall–Kier alpha value is -1.17. The second-order valence-electron chi connectivity index (χ2n) is 4.32. The lowest BCUT2D eigenvalue weighted by molar-refractivity contribution is 0.862. The summed E-state index contributed by atoms with van der Waals surface area (Å²) in [5.41, 5.74) is 2.03. The van der Waals surface area contributed by atoms with Crippen molar-refractivity contribution in [1.82, 2.24) is 9.97 Å². The molecule has 0 aliphatic carbocycles. The van der Waals surface area contributed by atoms with E-state index < -0.39 is 0 Å². The summed E-state index contributed by atoms with van der Waals surface area (Å²) < 4.78 is 1.09. The summed E-state index contributed by atoms with van der Waals surface area (Å²) >= 11 is 9.26. The number of anilines is 1. The highest BCUT2D eigenvalue weighted by Crippen LogP contribution is 2.31. The number of aromatic nitrogens is 2. The first kappa shape index (κ1) is 12.8. The van der Waals surface area contributed by atoms with Crippen molar-refractivity contribution in [3.8, 4) is 0 Å². The largest absolute Gasteiger partial charge is 0.353 e. The number of benzene rings is 1. The van der Waals surface area contributed by atoms with Gasteiger partial charge in [-0.25, -0.2) is 9.97 Å². The summed E-state index contributed by atoms with van der Waals surface area (Å²) in [5, 5.41) is 8.17. The van der Waals surface area contributed by atoms with Crippen LogP contribution in [0.3, 0.4) is 0 Å². The van der Waals surface area contributed by atoms with Crippen molar-refractivity contribution in [1.29, 1.82) is 0 Å². The quantitative estimate of drug-likeness (QED) is 0.748. The second-order valence-corrected chi connectivity index (χ2v) is 6.68. The highest BCUT2D eigenvalue weighted by molar-refractivity contribution is 7.22. The van der Waals surface area contributed by atoms with Gasteiger partial charge in [0.2, 0.25) is 0 Å². The van der Waals surface area contributed by atoms with Gasteiger partial charge in [-0.3, -0.25) is 0 Å². The van der Waals surface area contributed by atoms with Crippen LogP contribution in [-0.4, -0.2) is 9.97 Å². The van der Waals surface area contributed by atoms with E-state index in [2.05, 4.69) is 27.6 Å². The lowest BCUT2D eigenvalue weighted by Gasteiger charge is -2.08. The van der Waals surface area contributed by atoms with Gasteiger partial charge in [-0.1, -0.05) is 22.9 Å². The first-order chi connectivity index (χ1) is 9.11. The molecule has 0 fully saturated rings. The molecule has 0 aliphatic heterocycles. The molecule has 19 heavy (non-hydrogen) atoms. The molecule has 3 rings (SSSR count). The number of halogens is 1. The molecule has 2 heterocycles. The predicted molar refractivity (Wildman–Crippen MR) is 83.5 cm³/mol. The van der Waals surface area contributed by atoms with E-state index in [-0.39, 0.29) is 6.04 Å². The maximum Gasteiger partial charge on any atom is 0.184 e. The molecule has 0 amide bonds. The molecule has 0 saturated carbocycles. The Morgan fingerprint density at radius 2 is 2.16 bits per heavy atom. The van der Waals surface area contributed by atoms with E-state index in [1.165, 1.54) is 0 Å². The van der Waals surface area contributed by atoms with Crippen LogP contribution in [0.15, 0.2) is 23.6 Å². The molecule has 2 aromatic heterocycles. The zero-order valence-electron chi connectivity index (χ0n) is 10.5. The molecule has 3 aromatic rings. The average Bonchev–Trinajstić information content (AvgIpc) is 2.94. The number of rotatable bonds is 3. The van der Waals surface area contributed by atoms with Crippen molar-refractivity contribution in [2.24, 2.45) is 0 Å². The standard InChI is InChI=1S/C13H12ClN3S2/c1-7-6-18-12(15-7)8(2)16-13-17-10-4-3-9(14)5-11(10)19-13/h3-6,8H,1-2H3,(H,16,17). The third-order valence-electron chi connectivity index (χ3n) is 2.70. The van der Waals surface area contributed by atoms with Crippen LogP contribution in [0.5, 0.6) is 0 Å². The Balaban J connectivity index is 1.85. The molecule has 1 aromatic carbocycles. The summed E-state index contributed by atoms with van der Waals surface area (Å²) in [6.07, 6.45) is 0. The lowest BCUT2D eigenvalue weighted by Crippen LogP contribution is -2.05. The second kappa shape index (κ2) is 5.07. The predicted octanol–water partition coefficient (Wildman–Crippen LogP) is 4.89. The number of thiazole rings is 2. The maximum atomic E-state index is 5.98. The van der Waals surface area contributed by atoms with Crippen LogP contribution in [0.25, 0.3) is 10.2 Å². The maximum absolute atomic E-state index is 5.98. The van der Waals surface area contributed by atoms with Gasteiger partial charge in [0, 0.05) is 16.1 Å². The molecule has 1 atom stereocenters. The number of aryl methyl sites for hydroxylation is 1. The van der Waals surface area contributed by atoms with E-state index in [1.54, 1.807) is 22.7 Å². The fourth-order valence-electron chi connectivity index (χ4n) is 1.78. The van der Waals surface area contributed by atoms with Gasteiger partial charge in [-0.15, -0.1) is 11.3 Å². The highest BCUT2D eigenvalue weighted by atomic mass is 35.5. The van der Waals surface area contributed by atoms with Crippen LogP contribution in [0.2, 0.25) is 5.02 Å². The van der Waals surface area contributed by atoms with E-state index in [9.17, 15) is 0 Å². The van der Waals surface area contributed by atoms with Crippen molar-refractivity contribution in [2.45, 2.75) is 19.9 Å². The molecule has 1 unspecified atom stereocenters. The zero-order chi connectivity index (χ0) is 13.4.